The number of aliphatic hydroxyl groups is 1. The molecule has 90 valence electrons. The topological polar surface area (TPSA) is 49.2 Å². The molecule has 1 aromatic heterocycles. The molecule has 2 aromatic rings. The zero-order valence-corrected chi connectivity index (χ0v) is 10.0. The van der Waals surface area contributed by atoms with E-state index in [1.807, 2.05) is 18.2 Å². The fourth-order valence-corrected chi connectivity index (χ4v) is 1.96. The maximum Gasteiger partial charge on any atom is 0.0950 e. The summed E-state index contributed by atoms with van der Waals surface area (Å²) in [5.74, 6) is 0. The van der Waals surface area contributed by atoms with E-state index in [1.54, 1.807) is 6.20 Å². The summed E-state index contributed by atoms with van der Waals surface area (Å²) in [4.78, 5) is 2.22. The summed E-state index contributed by atoms with van der Waals surface area (Å²) in [7, 11) is 0. The number of hydrogen-bond acceptors (Lipinski definition) is 4. The summed E-state index contributed by atoms with van der Waals surface area (Å²) in [5.41, 5.74) is 2.00. The van der Waals surface area contributed by atoms with Crippen molar-refractivity contribution in [3.63, 3.8) is 0 Å². The average molecular weight is 231 g/mol. The maximum absolute atomic E-state index is 8.92. The highest BCUT2D eigenvalue weighted by Gasteiger charge is 2.08. The van der Waals surface area contributed by atoms with Gasteiger partial charge in [-0.1, -0.05) is 18.2 Å². The van der Waals surface area contributed by atoms with Crippen molar-refractivity contribution in [2.45, 2.75) is 13.3 Å². The minimum absolute atomic E-state index is 0.215. The lowest BCUT2D eigenvalue weighted by atomic mass is 10.2. The van der Waals surface area contributed by atoms with Crippen LogP contribution in [-0.4, -0.2) is 35.0 Å². The molecule has 0 saturated heterocycles. The van der Waals surface area contributed by atoms with Gasteiger partial charge >= 0.3 is 0 Å². The van der Waals surface area contributed by atoms with Gasteiger partial charge in [0.1, 0.15) is 0 Å². The van der Waals surface area contributed by atoms with Gasteiger partial charge in [0, 0.05) is 25.1 Å². The Hall–Kier alpha value is -1.68. The van der Waals surface area contributed by atoms with Crippen molar-refractivity contribution >= 4 is 16.6 Å². The molecule has 0 fully saturated rings. The van der Waals surface area contributed by atoms with Gasteiger partial charge in [-0.05, 0) is 19.4 Å². The van der Waals surface area contributed by atoms with E-state index in [0.717, 1.165) is 36.1 Å². The standard InChI is InChI=1S/C13H17N3O/c1-2-16(8-5-9-17)13-10-14-15-12-7-4-3-6-11(12)13/h3-4,6-7,10,17H,2,5,8-9H2,1H3. The Labute approximate surface area is 101 Å². The van der Waals surface area contributed by atoms with Crippen LogP contribution in [0.5, 0.6) is 0 Å². The molecule has 0 amide bonds. The van der Waals surface area contributed by atoms with Crippen LogP contribution >= 0.6 is 0 Å². The van der Waals surface area contributed by atoms with E-state index in [2.05, 4.69) is 28.1 Å². The van der Waals surface area contributed by atoms with Crippen LogP contribution in [0.15, 0.2) is 30.5 Å². The molecular formula is C13H17N3O. The van der Waals surface area contributed by atoms with Crippen molar-refractivity contribution < 1.29 is 5.11 Å². The Balaban J connectivity index is 2.38. The largest absolute Gasteiger partial charge is 0.396 e. The predicted molar refractivity (Wildman–Crippen MR) is 69.1 cm³/mol. The molecule has 0 aliphatic rings. The van der Waals surface area contributed by atoms with E-state index < -0.39 is 0 Å². The Morgan fingerprint density at radius 2 is 2.12 bits per heavy atom. The van der Waals surface area contributed by atoms with E-state index in [4.69, 9.17) is 5.11 Å². The maximum atomic E-state index is 8.92. The molecule has 1 heterocycles. The van der Waals surface area contributed by atoms with Gasteiger partial charge in [0.2, 0.25) is 0 Å². The molecular weight excluding hydrogens is 214 g/mol. The molecule has 1 N–H and O–H groups in total. The van der Waals surface area contributed by atoms with Crippen LogP contribution < -0.4 is 4.90 Å². The molecule has 0 saturated carbocycles. The third-order valence-electron chi connectivity index (χ3n) is 2.83. The van der Waals surface area contributed by atoms with E-state index in [1.165, 1.54) is 0 Å². The predicted octanol–water partition coefficient (Wildman–Crippen LogP) is 1.84. The number of benzene rings is 1. The minimum Gasteiger partial charge on any atom is -0.396 e. The van der Waals surface area contributed by atoms with Crippen molar-refractivity contribution in [2.75, 3.05) is 24.6 Å². The van der Waals surface area contributed by atoms with Crippen molar-refractivity contribution in [2.24, 2.45) is 0 Å². The highest BCUT2D eigenvalue weighted by Crippen LogP contribution is 2.23. The summed E-state index contributed by atoms with van der Waals surface area (Å²) in [5, 5.41) is 18.2. The minimum atomic E-state index is 0.215. The van der Waals surface area contributed by atoms with Crippen molar-refractivity contribution in [1.29, 1.82) is 0 Å². The van der Waals surface area contributed by atoms with Crippen LogP contribution in [0, 0.1) is 0 Å². The monoisotopic (exact) mass is 231 g/mol. The number of anilines is 1. The van der Waals surface area contributed by atoms with Crippen LogP contribution in [0.4, 0.5) is 5.69 Å². The number of hydrogen-bond donors (Lipinski definition) is 1. The lowest BCUT2D eigenvalue weighted by Crippen LogP contribution is -2.25. The van der Waals surface area contributed by atoms with Crippen LogP contribution in [0.25, 0.3) is 10.9 Å². The van der Waals surface area contributed by atoms with E-state index in [0.29, 0.717) is 0 Å². The van der Waals surface area contributed by atoms with E-state index in [-0.39, 0.29) is 6.61 Å². The molecule has 2 rings (SSSR count). The molecule has 0 unspecified atom stereocenters. The van der Waals surface area contributed by atoms with E-state index >= 15 is 0 Å². The average Bonchev–Trinajstić information content (AvgIpc) is 2.40. The molecule has 0 aliphatic heterocycles. The number of fused-ring (bicyclic) bond motifs is 1. The smallest absolute Gasteiger partial charge is 0.0950 e. The van der Waals surface area contributed by atoms with Gasteiger partial charge in [0.05, 0.1) is 17.4 Å². The number of rotatable bonds is 5. The molecule has 4 nitrogen and oxygen atoms in total. The number of nitrogens with zero attached hydrogens (tertiary/aromatic N) is 3. The van der Waals surface area contributed by atoms with Gasteiger partial charge < -0.3 is 10.0 Å². The van der Waals surface area contributed by atoms with Gasteiger partial charge in [-0.15, -0.1) is 0 Å². The van der Waals surface area contributed by atoms with Crippen LogP contribution in [0.3, 0.4) is 0 Å². The molecule has 0 atom stereocenters. The first-order valence-corrected chi connectivity index (χ1v) is 5.93. The Bertz CT molecular complexity index is 482. The first-order chi connectivity index (χ1) is 8.36. The zero-order chi connectivity index (χ0) is 12.1. The summed E-state index contributed by atoms with van der Waals surface area (Å²) >= 11 is 0. The number of aliphatic hydroxyl groups excluding tert-OH is 1. The summed E-state index contributed by atoms with van der Waals surface area (Å²) < 4.78 is 0. The normalized spacial score (nSPS) is 10.7. The highest BCUT2D eigenvalue weighted by atomic mass is 16.3. The number of aromatic nitrogens is 2. The first-order valence-electron chi connectivity index (χ1n) is 5.93. The molecule has 17 heavy (non-hydrogen) atoms. The second kappa shape index (κ2) is 5.59. The SMILES string of the molecule is CCN(CCCO)c1cnnc2ccccc12. The van der Waals surface area contributed by atoms with Gasteiger partial charge in [-0.25, -0.2) is 0 Å². The Morgan fingerprint density at radius 1 is 1.29 bits per heavy atom. The second-order valence-electron chi connectivity index (χ2n) is 3.90. The lowest BCUT2D eigenvalue weighted by Gasteiger charge is -2.23. The van der Waals surface area contributed by atoms with Crippen molar-refractivity contribution in [3.05, 3.63) is 30.5 Å². The third-order valence-corrected chi connectivity index (χ3v) is 2.83. The van der Waals surface area contributed by atoms with Gasteiger partial charge in [-0.3, -0.25) is 0 Å². The van der Waals surface area contributed by atoms with Crippen LogP contribution in [-0.2, 0) is 0 Å². The van der Waals surface area contributed by atoms with Crippen LogP contribution in [0.1, 0.15) is 13.3 Å². The molecule has 0 bridgehead atoms. The van der Waals surface area contributed by atoms with Crippen molar-refractivity contribution in [1.82, 2.24) is 10.2 Å². The fraction of sp³-hybridized carbons (Fsp3) is 0.385. The quantitative estimate of drug-likeness (QED) is 0.853. The van der Waals surface area contributed by atoms with Gasteiger partial charge in [-0.2, -0.15) is 10.2 Å². The first kappa shape index (κ1) is 11.8. The summed E-state index contributed by atoms with van der Waals surface area (Å²) in [6, 6.07) is 7.99. The van der Waals surface area contributed by atoms with Crippen LogP contribution in [0.2, 0.25) is 0 Å². The van der Waals surface area contributed by atoms with Crippen molar-refractivity contribution in [3.8, 4) is 0 Å². The van der Waals surface area contributed by atoms with Gasteiger partial charge in [0.25, 0.3) is 0 Å². The highest BCUT2D eigenvalue weighted by molar-refractivity contribution is 5.90. The molecule has 4 heteroatoms. The Morgan fingerprint density at radius 3 is 2.88 bits per heavy atom. The molecule has 0 radical (unpaired) electrons. The summed E-state index contributed by atoms with van der Waals surface area (Å²) in [6.45, 7) is 4.05. The fourth-order valence-electron chi connectivity index (χ4n) is 1.96. The second-order valence-corrected chi connectivity index (χ2v) is 3.90. The third kappa shape index (κ3) is 2.53. The molecule has 1 aromatic carbocycles. The van der Waals surface area contributed by atoms with E-state index in [9.17, 15) is 0 Å². The van der Waals surface area contributed by atoms with Gasteiger partial charge in [0.15, 0.2) is 0 Å². The Kier molecular flexibility index (Phi) is 3.88. The molecule has 0 aliphatic carbocycles. The lowest BCUT2D eigenvalue weighted by molar-refractivity contribution is 0.289. The summed E-state index contributed by atoms with van der Waals surface area (Å²) in [6.07, 6.45) is 2.56. The molecule has 0 spiro atoms. The zero-order valence-electron chi connectivity index (χ0n) is 10.0.